The smallest absolute Gasteiger partial charge is 0.303 e. The Morgan fingerprint density at radius 1 is 1.50 bits per heavy atom. The predicted octanol–water partition coefficient (Wildman–Crippen LogP) is 2.50. The molecule has 0 amide bonds. The second-order valence-corrected chi connectivity index (χ2v) is 6.01. The van der Waals surface area contributed by atoms with Crippen molar-refractivity contribution in [2.75, 3.05) is 19.6 Å². The molecular formula is C14H24N2O2. The molecule has 1 heterocycles. The van der Waals surface area contributed by atoms with Gasteiger partial charge in [-0.25, -0.2) is 0 Å². The summed E-state index contributed by atoms with van der Waals surface area (Å²) in [6.45, 7) is 6.95. The molecule has 4 nitrogen and oxygen atoms in total. The molecule has 1 fully saturated rings. The average molecular weight is 252 g/mol. The van der Waals surface area contributed by atoms with Crippen LogP contribution < -0.4 is 0 Å². The fourth-order valence-corrected chi connectivity index (χ4v) is 2.49. The molecule has 1 saturated heterocycles. The van der Waals surface area contributed by atoms with Gasteiger partial charge in [0.2, 0.25) is 0 Å². The van der Waals surface area contributed by atoms with Gasteiger partial charge in [0, 0.05) is 13.0 Å². The van der Waals surface area contributed by atoms with E-state index in [-0.39, 0.29) is 5.41 Å². The Labute approximate surface area is 110 Å². The van der Waals surface area contributed by atoms with Crippen LogP contribution in [0.3, 0.4) is 0 Å². The van der Waals surface area contributed by atoms with Crippen LogP contribution in [0.1, 0.15) is 46.0 Å². The number of carboxylic acid groups (broad SMARTS) is 1. The van der Waals surface area contributed by atoms with E-state index in [1.54, 1.807) is 0 Å². The quantitative estimate of drug-likeness (QED) is 0.707. The third kappa shape index (κ3) is 5.50. The van der Waals surface area contributed by atoms with E-state index >= 15 is 0 Å². The van der Waals surface area contributed by atoms with Gasteiger partial charge in [0.15, 0.2) is 0 Å². The zero-order valence-electron chi connectivity index (χ0n) is 11.5. The summed E-state index contributed by atoms with van der Waals surface area (Å²) in [5.74, 6) is -0.351. The summed E-state index contributed by atoms with van der Waals surface area (Å²) in [5.41, 5.74) is -0.211. The lowest BCUT2D eigenvalue weighted by Gasteiger charge is -2.18. The molecule has 0 aromatic rings. The van der Waals surface area contributed by atoms with Gasteiger partial charge in [-0.3, -0.25) is 4.79 Å². The van der Waals surface area contributed by atoms with E-state index in [4.69, 9.17) is 10.4 Å². The van der Waals surface area contributed by atoms with Gasteiger partial charge in [-0.2, -0.15) is 5.26 Å². The molecule has 102 valence electrons. The van der Waals surface area contributed by atoms with Crippen LogP contribution >= 0.6 is 0 Å². The molecule has 0 aromatic heterocycles. The number of hydrogen-bond donors (Lipinski definition) is 1. The molecule has 1 atom stereocenters. The van der Waals surface area contributed by atoms with Crippen molar-refractivity contribution in [1.82, 2.24) is 4.90 Å². The minimum atomic E-state index is -0.683. The van der Waals surface area contributed by atoms with Crippen LogP contribution in [0.15, 0.2) is 0 Å². The van der Waals surface area contributed by atoms with E-state index in [1.807, 2.05) is 13.8 Å². The first-order valence-electron chi connectivity index (χ1n) is 6.78. The van der Waals surface area contributed by atoms with Gasteiger partial charge in [0.25, 0.3) is 0 Å². The Morgan fingerprint density at radius 3 is 2.83 bits per heavy atom. The van der Waals surface area contributed by atoms with Crippen molar-refractivity contribution in [2.24, 2.45) is 11.3 Å². The molecule has 1 unspecified atom stereocenters. The summed E-state index contributed by atoms with van der Waals surface area (Å²) in [4.78, 5) is 13.0. The highest BCUT2D eigenvalue weighted by Crippen LogP contribution is 2.23. The Kier molecular flexibility index (Phi) is 5.61. The number of aliphatic carboxylic acids is 1. The molecule has 0 aromatic carbocycles. The summed E-state index contributed by atoms with van der Waals surface area (Å²) in [7, 11) is 0. The van der Waals surface area contributed by atoms with E-state index in [2.05, 4.69) is 11.0 Å². The summed E-state index contributed by atoms with van der Waals surface area (Å²) >= 11 is 0. The Morgan fingerprint density at radius 2 is 2.22 bits per heavy atom. The van der Waals surface area contributed by atoms with Crippen molar-refractivity contribution in [3.63, 3.8) is 0 Å². The monoisotopic (exact) mass is 252 g/mol. The number of likely N-dealkylation sites (tertiary alicyclic amines) is 1. The van der Waals surface area contributed by atoms with Crippen molar-refractivity contribution in [2.45, 2.75) is 46.0 Å². The highest BCUT2D eigenvalue weighted by molar-refractivity contribution is 5.67. The van der Waals surface area contributed by atoms with Crippen molar-refractivity contribution >= 4 is 5.97 Å². The van der Waals surface area contributed by atoms with Gasteiger partial charge in [0.1, 0.15) is 0 Å². The third-order valence-corrected chi connectivity index (χ3v) is 3.66. The second-order valence-electron chi connectivity index (χ2n) is 6.01. The minimum absolute atomic E-state index is 0.211. The highest BCUT2D eigenvalue weighted by atomic mass is 16.4. The molecule has 0 saturated carbocycles. The summed E-state index contributed by atoms with van der Waals surface area (Å²) in [5, 5.41) is 17.6. The van der Waals surface area contributed by atoms with E-state index in [0.717, 1.165) is 45.3 Å². The van der Waals surface area contributed by atoms with Gasteiger partial charge in [-0.15, -0.1) is 0 Å². The molecule has 0 bridgehead atoms. The van der Waals surface area contributed by atoms with Crippen LogP contribution in [0.5, 0.6) is 0 Å². The molecule has 4 heteroatoms. The van der Waals surface area contributed by atoms with Gasteiger partial charge in [0.05, 0.1) is 11.5 Å². The standard InChI is InChI=1S/C14H24N2O2/c1-14(2,11-15)6-3-4-7-16-8-5-12(10-16)9-13(17)18/h12H,3-10H2,1-2H3,(H,17,18). The first-order valence-corrected chi connectivity index (χ1v) is 6.78. The largest absolute Gasteiger partial charge is 0.481 e. The lowest BCUT2D eigenvalue weighted by Crippen LogP contribution is -2.23. The van der Waals surface area contributed by atoms with Crippen molar-refractivity contribution in [3.8, 4) is 6.07 Å². The number of unbranched alkanes of at least 4 members (excludes halogenated alkanes) is 1. The summed E-state index contributed by atoms with van der Waals surface area (Å²) in [6.07, 6.45) is 4.43. The number of rotatable bonds is 7. The molecule has 1 rings (SSSR count). The van der Waals surface area contributed by atoms with Crippen molar-refractivity contribution in [1.29, 1.82) is 5.26 Å². The Hall–Kier alpha value is -1.08. The highest BCUT2D eigenvalue weighted by Gasteiger charge is 2.24. The maximum absolute atomic E-state index is 10.6. The summed E-state index contributed by atoms with van der Waals surface area (Å²) in [6, 6.07) is 2.32. The number of nitrogens with zero attached hydrogens (tertiary/aromatic N) is 2. The molecule has 0 radical (unpaired) electrons. The topological polar surface area (TPSA) is 64.3 Å². The fourth-order valence-electron chi connectivity index (χ4n) is 2.49. The summed E-state index contributed by atoms with van der Waals surface area (Å²) < 4.78 is 0. The van der Waals surface area contributed by atoms with Crippen LogP contribution in [-0.2, 0) is 4.79 Å². The van der Waals surface area contributed by atoms with Crippen LogP contribution in [-0.4, -0.2) is 35.6 Å². The second kappa shape index (κ2) is 6.75. The molecular weight excluding hydrogens is 228 g/mol. The van der Waals surface area contributed by atoms with Gasteiger partial charge < -0.3 is 10.0 Å². The zero-order valence-corrected chi connectivity index (χ0v) is 11.5. The minimum Gasteiger partial charge on any atom is -0.481 e. The molecule has 0 aliphatic carbocycles. The normalized spacial score (nSPS) is 20.8. The van der Waals surface area contributed by atoms with Crippen LogP contribution in [0.25, 0.3) is 0 Å². The van der Waals surface area contributed by atoms with E-state index in [9.17, 15) is 4.79 Å². The molecule has 1 N–H and O–H groups in total. The average Bonchev–Trinajstić information content (AvgIpc) is 2.71. The number of hydrogen-bond acceptors (Lipinski definition) is 3. The predicted molar refractivity (Wildman–Crippen MR) is 70.0 cm³/mol. The van der Waals surface area contributed by atoms with Crippen molar-refractivity contribution < 1.29 is 9.90 Å². The molecule has 1 aliphatic rings. The van der Waals surface area contributed by atoms with Crippen molar-refractivity contribution in [3.05, 3.63) is 0 Å². The number of nitriles is 1. The van der Waals surface area contributed by atoms with Crippen LogP contribution in [0.2, 0.25) is 0 Å². The van der Waals surface area contributed by atoms with E-state index in [0.29, 0.717) is 12.3 Å². The maximum atomic E-state index is 10.6. The first-order chi connectivity index (χ1) is 8.43. The fraction of sp³-hybridized carbons (Fsp3) is 0.857. The van der Waals surface area contributed by atoms with Gasteiger partial charge in [-0.1, -0.05) is 6.42 Å². The van der Waals surface area contributed by atoms with Crippen LogP contribution in [0.4, 0.5) is 0 Å². The van der Waals surface area contributed by atoms with E-state index < -0.39 is 5.97 Å². The Bertz CT molecular complexity index is 320. The van der Waals surface area contributed by atoms with E-state index in [1.165, 1.54) is 0 Å². The molecule has 1 aliphatic heterocycles. The lowest BCUT2D eigenvalue weighted by atomic mass is 9.89. The maximum Gasteiger partial charge on any atom is 0.303 e. The SMILES string of the molecule is CC(C)(C#N)CCCCN1CCC(CC(=O)O)C1. The van der Waals surface area contributed by atoms with Crippen LogP contribution in [0, 0.1) is 22.7 Å². The zero-order chi connectivity index (χ0) is 13.6. The van der Waals surface area contributed by atoms with Gasteiger partial charge in [-0.05, 0) is 52.1 Å². The third-order valence-electron chi connectivity index (χ3n) is 3.66. The number of carbonyl (C=O) groups is 1. The molecule has 0 spiro atoms. The first kappa shape index (κ1) is 15.0. The Balaban J connectivity index is 2.11. The molecule has 18 heavy (non-hydrogen) atoms. The number of carboxylic acids is 1. The van der Waals surface area contributed by atoms with Gasteiger partial charge >= 0.3 is 5.97 Å². The lowest BCUT2D eigenvalue weighted by molar-refractivity contribution is -0.138.